The van der Waals surface area contributed by atoms with Crippen LogP contribution in [0.2, 0.25) is 10.0 Å². The van der Waals surface area contributed by atoms with E-state index in [-0.39, 0.29) is 0 Å². The molecule has 0 spiro atoms. The van der Waals surface area contributed by atoms with Crippen LogP contribution in [0.5, 0.6) is 5.75 Å². The summed E-state index contributed by atoms with van der Waals surface area (Å²) < 4.78 is 6.40. The minimum atomic E-state index is 0.571. The maximum absolute atomic E-state index is 6.07. The molecule has 1 atom stereocenters. The van der Waals surface area contributed by atoms with E-state index in [0.717, 1.165) is 16.9 Å². The molecule has 0 aromatic heterocycles. The van der Waals surface area contributed by atoms with E-state index < -0.39 is 0 Å². The molecule has 1 saturated carbocycles. The van der Waals surface area contributed by atoms with E-state index in [4.69, 9.17) is 27.9 Å². The van der Waals surface area contributed by atoms with Gasteiger partial charge in [-0.15, -0.1) is 0 Å². The third-order valence-corrected chi connectivity index (χ3v) is 4.62. The highest BCUT2D eigenvalue weighted by atomic mass is 79.9. The fourth-order valence-corrected chi connectivity index (χ4v) is 2.67. The molecule has 0 amide bonds. The van der Waals surface area contributed by atoms with E-state index in [9.17, 15) is 0 Å². The van der Waals surface area contributed by atoms with Gasteiger partial charge in [0.25, 0.3) is 0 Å². The summed E-state index contributed by atoms with van der Waals surface area (Å²) in [7, 11) is 0. The number of hydrogen-bond acceptors (Lipinski definition) is 2. The summed E-state index contributed by atoms with van der Waals surface area (Å²) in [6.07, 6.45) is 2.70. The maximum Gasteiger partial charge on any atom is 0.139 e. The zero-order valence-corrected chi connectivity index (χ0v) is 13.3. The Balaban J connectivity index is 1.77. The molecule has 0 radical (unpaired) electrons. The van der Waals surface area contributed by atoms with Crippen LogP contribution in [0.3, 0.4) is 0 Å². The molecule has 2 rings (SSSR count). The van der Waals surface area contributed by atoms with Gasteiger partial charge in [0, 0.05) is 23.1 Å². The topological polar surface area (TPSA) is 21.3 Å². The van der Waals surface area contributed by atoms with Crippen molar-refractivity contribution in [3.63, 3.8) is 0 Å². The van der Waals surface area contributed by atoms with Crippen LogP contribution in [-0.2, 0) is 0 Å². The van der Waals surface area contributed by atoms with Crippen LogP contribution in [-0.4, -0.2) is 19.2 Å². The van der Waals surface area contributed by atoms with Crippen LogP contribution in [0.25, 0.3) is 0 Å². The average molecular weight is 353 g/mol. The Labute approximate surface area is 126 Å². The highest BCUT2D eigenvalue weighted by molar-refractivity contribution is 9.10. The lowest BCUT2D eigenvalue weighted by atomic mass is 10.2. The third kappa shape index (κ3) is 4.02. The molecule has 1 fully saturated rings. The van der Waals surface area contributed by atoms with Gasteiger partial charge in [-0.25, -0.2) is 0 Å². The van der Waals surface area contributed by atoms with Gasteiger partial charge in [-0.1, -0.05) is 23.2 Å². The fraction of sp³-hybridized carbons (Fsp3) is 0.538. The summed E-state index contributed by atoms with van der Waals surface area (Å²) in [5.74, 6) is 1.49. The molecule has 2 nitrogen and oxygen atoms in total. The number of hydrogen-bond donors (Lipinski definition) is 1. The quantitative estimate of drug-likeness (QED) is 0.600. The minimum absolute atomic E-state index is 0.571. The summed E-state index contributed by atoms with van der Waals surface area (Å²) >= 11 is 15.4. The number of rotatable bonds is 6. The molecule has 100 valence electrons. The van der Waals surface area contributed by atoms with Crippen LogP contribution < -0.4 is 10.1 Å². The van der Waals surface area contributed by atoms with E-state index in [1.807, 2.05) is 0 Å². The monoisotopic (exact) mass is 351 g/mol. The fourth-order valence-electron chi connectivity index (χ4n) is 1.83. The van der Waals surface area contributed by atoms with Crippen molar-refractivity contribution in [2.75, 3.05) is 13.2 Å². The molecule has 1 N–H and O–H groups in total. The van der Waals surface area contributed by atoms with E-state index in [2.05, 4.69) is 28.2 Å². The highest BCUT2D eigenvalue weighted by Crippen LogP contribution is 2.34. The molecule has 0 aliphatic heterocycles. The smallest absolute Gasteiger partial charge is 0.139 e. The van der Waals surface area contributed by atoms with Gasteiger partial charge in [0.2, 0.25) is 0 Å². The van der Waals surface area contributed by atoms with Gasteiger partial charge >= 0.3 is 0 Å². The number of nitrogens with one attached hydrogen (secondary N) is 1. The summed E-state index contributed by atoms with van der Waals surface area (Å²) in [6.45, 7) is 3.64. The first-order valence-electron chi connectivity index (χ1n) is 6.08. The molecular formula is C13H16BrCl2NO. The molecule has 1 unspecified atom stereocenters. The van der Waals surface area contributed by atoms with Crippen LogP contribution in [0.15, 0.2) is 16.6 Å². The van der Waals surface area contributed by atoms with Crippen LogP contribution in [0.1, 0.15) is 19.8 Å². The molecule has 0 saturated heterocycles. The van der Waals surface area contributed by atoms with E-state index in [0.29, 0.717) is 28.4 Å². The second-order valence-electron chi connectivity index (χ2n) is 4.63. The molecule has 18 heavy (non-hydrogen) atoms. The van der Waals surface area contributed by atoms with Gasteiger partial charge in [0.05, 0.1) is 10.0 Å². The predicted molar refractivity (Wildman–Crippen MR) is 79.8 cm³/mol. The normalized spacial score (nSPS) is 16.7. The van der Waals surface area contributed by atoms with Crippen molar-refractivity contribution < 1.29 is 4.74 Å². The Morgan fingerprint density at radius 2 is 2.11 bits per heavy atom. The molecule has 5 heteroatoms. The van der Waals surface area contributed by atoms with Crippen molar-refractivity contribution in [1.82, 2.24) is 5.32 Å². The predicted octanol–water partition coefficient (Wildman–Crippen LogP) is 4.52. The Kier molecular flexibility index (Phi) is 5.19. The lowest BCUT2D eigenvalue weighted by Crippen LogP contribution is -2.31. The van der Waals surface area contributed by atoms with Gasteiger partial charge < -0.3 is 10.1 Å². The first kappa shape index (κ1) is 14.4. The van der Waals surface area contributed by atoms with Gasteiger partial charge in [-0.05, 0) is 47.7 Å². The first-order chi connectivity index (χ1) is 8.58. The SMILES string of the molecule is CC(NCCOc1cc(Cl)c(Br)cc1Cl)C1CC1. The molecule has 1 aliphatic rings. The van der Waals surface area contributed by atoms with Crippen molar-refractivity contribution in [2.24, 2.45) is 5.92 Å². The molecule has 0 bridgehead atoms. The number of benzene rings is 1. The standard InChI is InChI=1S/C13H16BrCl2NO/c1-8(9-2-3-9)17-4-5-18-13-7-11(15)10(14)6-12(13)16/h6-9,17H,2-5H2,1H3. The molecule has 1 aromatic rings. The summed E-state index contributed by atoms with van der Waals surface area (Å²) in [5, 5.41) is 4.63. The summed E-state index contributed by atoms with van der Waals surface area (Å²) in [6, 6.07) is 4.06. The number of halogens is 3. The Morgan fingerprint density at radius 1 is 1.39 bits per heavy atom. The van der Waals surface area contributed by atoms with Crippen LogP contribution in [0, 0.1) is 5.92 Å². The zero-order valence-electron chi connectivity index (χ0n) is 10.2. The van der Waals surface area contributed by atoms with Gasteiger partial charge in [-0.3, -0.25) is 0 Å². The molecule has 1 aliphatic carbocycles. The van der Waals surface area contributed by atoms with Crippen LogP contribution in [0.4, 0.5) is 0 Å². The lowest BCUT2D eigenvalue weighted by Gasteiger charge is -2.14. The van der Waals surface area contributed by atoms with E-state index >= 15 is 0 Å². The third-order valence-electron chi connectivity index (χ3n) is 3.13. The molecule has 1 aromatic carbocycles. The van der Waals surface area contributed by atoms with Gasteiger partial charge in [-0.2, -0.15) is 0 Å². The Morgan fingerprint density at radius 3 is 2.78 bits per heavy atom. The minimum Gasteiger partial charge on any atom is -0.491 e. The molecular weight excluding hydrogens is 337 g/mol. The Bertz CT molecular complexity index is 424. The van der Waals surface area contributed by atoms with E-state index in [1.165, 1.54) is 12.8 Å². The summed E-state index contributed by atoms with van der Waals surface area (Å²) in [5.41, 5.74) is 0. The molecule has 0 heterocycles. The van der Waals surface area contributed by atoms with Crippen molar-refractivity contribution >= 4 is 39.1 Å². The Hall–Kier alpha value is 0.0400. The highest BCUT2D eigenvalue weighted by Gasteiger charge is 2.27. The maximum atomic E-state index is 6.07. The summed E-state index contributed by atoms with van der Waals surface area (Å²) in [4.78, 5) is 0. The second-order valence-corrected chi connectivity index (χ2v) is 6.29. The van der Waals surface area contributed by atoms with Crippen molar-refractivity contribution in [1.29, 1.82) is 0 Å². The van der Waals surface area contributed by atoms with Crippen molar-refractivity contribution in [3.05, 3.63) is 26.7 Å². The first-order valence-corrected chi connectivity index (χ1v) is 7.63. The van der Waals surface area contributed by atoms with Crippen molar-refractivity contribution in [3.8, 4) is 5.75 Å². The number of ether oxygens (including phenoxy) is 1. The van der Waals surface area contributed by atoms with Crippen molar-refractivity contribution in [2.45, 2.75) is 25.8 Å². The van der Waals surface area contributed by atoms with Crippen LogP contribution >= 0.6 is 39.1 Å². The second kappa shape index (κ2) is 6.47. The zero-order chi connectivity index (χ0) is 13.1. The van der Waals surface area contributed by atoms with Gasteiger partial charge in [0.1, 0.15) is 12.4 Å². The van der Waals surface area contributed by atoms with Gasteiger partial charge in [0.15, 0.2) is 0 Å². The largest absolute Gasteiger partial charge is 0.491 e. The lowest BCUT2D eigenvalue weighted by molar-refractivity contribution is 0.303. The van der Waals surface area contributed by atoms with E-state index in [1.54, 1.807) is 12.1 Å². The average Bonchev–Trinajstić information content (AvgIpc) is 3.14.